The van der Waals surface area contributed by atoms with E-state index in [4.69, 9.17) is 5.10 Å². The molecule has 0 unspecified atom stereocenters. The van der Waals surface area contributed by atoms with Crippen molar-refractivity contribution in [2.24, 2.45) is 0 Å². The van der Waals surface area contributed by atoms with E-state index >= 15 is 0 Å². The number of nitrogens with one attached hydrogen (secondary N) is 1. The molecule has 0 radical (unpaired) electrons. The van der Waals surface area contributed by atoms with Crippen LogP contribution < -0.4 is 5.32 Å². The van der Waals surface area contributed by atoms with Gasteiger partial charge < -0.3 is 5.32 Å². The Morgan fingerprint density at radius 3 is 2.71 bits per heavy atom. The van der Waals surface area contributed by atoms with Crippen LogP contribution in [-0.2, 0) is 6.42 Å². The molecule has 4 rings (SSSR count). The Morgan fingerprint density at radius 1 is 1.08 bits per heavy atom. The number of fused-ring (bicyclic) bond motifs is 1. The summed E-state index contributed by atoms with van der Waals surface area (Å²) in [5.74, 6) is 1.18. The van der Waals surface area contributed by atoms with E-state index in [9.17, 15) is 0 Å². The van der Waals surface area contributed by atoms with Crippen LogP contribution >= 0.6 is 11.3 Å². The van der Waals surface area contributed by atoms with Crippen molar-refractivity contribution in [2.45, 2.75) is 40.0 Å². The quantitative estimate of drug-likeness (QED) is 0.690. The number of thiophene rings is 1. The van der Waals surface area contributed by atoms with Crippen molar-refractivity contribution in [1.29, 1.82) is 0 Å². The molecule has 124 valence electrons. The minimum atomic E-state index is 1.02. The zero-order valence-corrected chi connectivity index (χ0v) is 15.3. The van der Waals surface area contributed by atoms with Crippen molar-refractivity contribution in [3.05, 3.63) is 51.9 Å². The zero-order valence-electron chi connectivity index (χ0n) is 14.5. The monoisotopic (exact) mass is 337 g/mol. The summed E-state index contributed by atoms with van der Waals surface area (Å²) in [4.78, 5) is 1.27. The van der Waals surface area contributed by atoms with Crippen LogP contribution in [-0.4, -0.2) is 16.3 Å². The third kappa shape index (κ3) is 2.65. The van der Waals surface area contributed by atoms with Crippen molar-refractivity contribution in [1.82, 2.24) is 9.78 Å². The summed E-state index contributed by atoms with van der Waals surface area (Å²) in [6, 6.07) is 8.84. The van der Waals surface area contributed by atoms with E-state index in [1.165, 1.54) is 45.8 Å². The van der Waals surface area contributed by atoms with Crippen molar-refractivity contribution in [3.63, 3.8) is 0 Å². The van der Waals surface area contributed by atoms with Gasteiger partial charge in [0.2, 0.25) is 0 Å². The number of anilines is 1. The lowest BCUT2D eigenvalue weighted by atomic mass is 10.1. The van der Waals surface area contributed by atoms with Gasteiger partial charge in [0.15, 0.2) is 0 Å². The molecule has 0 amide bonds. The second-order valence-corrected chi connectivity index (χ2v) is 7.64. The van der Waals surface area contributed by atoms with Crippen molar-refractivity contribution >= 4 is 17.2 Å². The van der Waals surface area contributed by atoms with Crippen molar-refractivity contribution < 1.29 is 0 Å². The van der Waals surface area contributed by atoms with E-state index < -0.39 is 0 Å². The number of aryl methyl sites for hydroxylation is 3. The molecule has 0 aliphatic carbocycles. The molecule has 2 aromatic heterocycles. The van der Waals surface area contributed by atoms with Crippen LogP contribution in [0.15, 0.2) is 29.6 Å². The van der Waals surface area contributed by atoms with Gasteiger partial charge in [0.05, 0.1) is 10.6 Å². The number of hydrogen-bond donors (Lipinski definition) is 1. The maximum absolute atomic E-state index is 5.02. The summed E-state index contributed by atoms with van der Waals surface area (Å²) in [6.07, 6.45) is 3.53. The maximum Gasteiger partial charge on any atom is 0.133 e. The summed E-state index contributed by atoms with van der Waals surface area (Å²) in [5, 5.41) is 10.9. The number of benzene rings is 1. The number of aromatic nitrogens is 2. The van der Waals surface area contributed by atoms with E-state index in [1.54, 1.807) is 11.3 Å². The molecule has 3 nitrogen and oxygen atoms in total. The number of rotatable bonds is 2. The van der Waals surface area contributed by atoms with Gasteiger partial charge in [0.25, 0.3) is 0 Å². The average molecular weight is 337 g/mol. The second-order valence-electron chi connectivity index (χ2n) is 6.73. The van der Waals surface area contributed by atoms with Gasteiger partial charge in [-0.3, -0.25) is 0 Å². The Hall–Kier alpha value is -2.07. The Labute approximate surface area is 147 Å². The Kier molecular flexibility index (Phi) is 3.93. The molecule has 0 atom stereocenters. The van der Waals surface area contributed by atoms with Crippen LogP contribution in [0.25, 0.3) is 16.3 Å². The van der Waals surface area contributed by atoms with E-state index in [-0.39, 0.29) is 0 Å². The summed E-state index contributed by atoms with van der Waals surface area (Å²) in [6.45, 7) is 7.49. The van der Waals surface area contributed by atoms with Gasteiger partial charge in [-0.15, -0.1) is 11.3 Å². The third-order valence-electron chi connectivity index (χ3n) is 4.83. The van der Waals surface area contributed by atoms with E-state index in [1.807, 2.05) is 0 Å². The lowest BCUT2D eigenvalue weighted by Gasteiger charge is -2.10. The molecule has 0 saturated heterocycles. The Morgan fingerprint density at radius 2 is 1.96 bits per heavy atom. The fourth-order valence-corrected chi connectivity index (χ4v) is 4.21. The first-order valence-electron chi connectivity index (χ1n) is 8.62. The minimum absolute atomic E-state index is 1.02. The van der Waals surface area contributed by atoms with Gasteiger partial charge in [-0.25, -0.2) is 4.68 Å². The molecule has 1 aliphatic heterocycles. The lowest BCUT2D eigenvalue weighted by molar-refractivity contribution is 0.780. The second kappa shape index (κ2) is 6.10. The smallest absolute Gasteiger partial charge is 0.133 e. The number of hydrogen-bond acceptors (Lipinski definition) is 3. The molecule has 0 saturated carbocycles. The van der Waals surface area contributed by atoms with Gasteiger partial charge in [0.1, 0.15) is 11.5 Å². The average Bonchev–Trinajstić information content (AvgIpc) is 3.06. The molecule has 24 heavy (non-hydrogen) atoms. The molecule has 1 aromatic carbocycles. The molecule has 3 aromatic rings. The Balaban J connectivity index is 1.90. The van der Waals surface area contributed by atoms with Gasteiger partial charge in [-0.05, 0) is 80.3 Å². The molecule has 1 N–H and O–H groups in total. The highest BCUT2D eigenvalue weighted by molar-refractivity contribution is 7.13. The van der Waals surface area contributed by atoms with Crippen LogP contribution in [0.2, 0.25) is 0 Å². The predicted molar refractivity (Wildman–Crippen MR) is 103 cm³/mol. The van der Waals surface area contributed by atoms with Gasteiger partial charge in [-0.2, -0.15) is 5.10 Å². The van der Waals surface area contributed by atoms with Crippen LogP contribution in [0.5, 0.6) is 0 Å². The van der Waals surface area contributed by atoms with Crippen LogP contribution in [0.3, 0.4) is 0 Å². The topological polar surface area (TPSA) is 29.9 Å². The first-order valence-corrected chi connectivity index (χ1v) is 9.50. The standard InChI is InChI=1S/C20H23N3S/c1-13-10-18(24-12-13)19-17-6-4-5-9-21-20(17)23(22-19)16-8-7-14(2)15(3)11-16/h7-8,10-12,21H,4-6,9H2,1-3H3. The largest absolute Gasteiger partial charge is 0.370 e. The van der Waals surface area contributed by atoms with E-state index in [0.29, 0.717) is 0 Å². The zero-order chi connectivity index (χ0) is 16.7. The first-order chi connectivity index (χ1) is 11.6. The highest BCUT2D eigenvalue weighted by atomic mass is 32.1. The lowest BCUT2D eigenvalue weighted by Crippen LogP contribution is -2.07. The molecule has 0 fully saturated rings. The molecular formula is C20H23N3S. The first kappa shape index (κ1) is 15.5. The molecule has 3 heterocycles. The fraction of sp³-hybridized carbons (Fsp3) is 0.350. The summed E-state index contributed by atoms with van der Waals surface area (Å²) in [5.41, 5.74) is 7.59. The molecule has 0 bridgehead atoms. The normalized spacial score (nSPS) is 14.1. The van der Waals surface area contributed by atoms with Crippen molar-refractivity contribution in [2.75, 3.05) is 11.9 Å². The van der Waals surface area contributed by atoms with Crippen LogP contribution in [0, 0.1) is 20.8 Å². The maximum atomic E-state index is 5.02. The Bertz CT molecular complexity index is 888. The fourth-order valence-electron chi connectivity index (χ4n) is 3.30. The minimum Gasteiger partial charge on any atom is -0.370 e. The molecular weight excluding hydrogens is 314 g/mol. The number of nitrogens with zero attached hydrogens (tertiary/aromatic N) is 2. The highest BCUT2D eigenvalue weighted by Gasteiger charge is 2.22. The van der Waals surface area contributed by atoms with Crippen LogP contribution in [0.1, 0.15) is 35.1 Å². The molecule has 1 aliphatic rings. The molecule has 4 heteroatoms. The summed E-state index contributed by atoms with van der Waals surface area (Å²) < 4.78 is 2.11. The predicted octanol–water partition coefficient (Wildman–Crippen LogP) is 5.27. The third-order valence-corrected chi connectivity index (χ3v) is 5.88. The molecule has 0 spiro atoms. The highest BCUT2D eigenvalue weighted by Crippen LogP contribution is 2.36. The SMILES string of the molecule is Cc1csc(-c2nn(-c3ccc(C)c(C)c3)c3c2CCCCN3)c1. The summed E-state index contributed by atoms with van der Waals surface area (Å²) in [7, 11) is 0. The van der Waals surface area contributed by atoms with E-state index in [0.717, 1.165) is 24.3 Å². The van der Waals surface area contributed by atoms with Crippen molar-refractivity contribution in [3.8, 4) is 16.3 Å². The summed E-state index contributed by atoms with van der Waals surface area (Å²) >= 11 is 1.79. The van der Waals surface area contributed by atoms with Gasteiger partial charge in [0, 0.05) is 12.1 Å². The van der Waals surface area contributed by atoms with Gasteiger partial charge in [-0.1, -0.05) is 6.07 Å². The van der Waals surface area contributed by atoms with E-state index in [2.05, 4.69) is 60.4 Å². The van der Waals surface area contributed by atoms with Crippen LogP contribution in [0.4, 0.5) is 5.82 Å². The van der Waals surface area contributed by atoms with Gasteiger partial charge >= 0.3 is 0 Å².